The minimum atomic E-state index is -1.69. The molecule has 0 radical (unpaired) electrons. The van der Waals surface area contributed by atoms with Crippen LogP contribution in [-0.4, -0.2) is 23.1 Å². The monoisotopic (exact) mass is 134 g/mol. The summed E-state index contributed by atoms with van der Waals surface area (Å²) in [5.41, 5.74) is 4.72. The van der Waals surface area contributed by atoms with E-state index in [1.54, 1.807) is 0 Å². The highest BCUT2D eigenvalue weighted by molar-refractivity contribution is 5.97. The van der Waals surface area contributed by atoms with Crippen LogP contribution in [0.1, 0.15) is 0 Å². The van der Waals surface area contributed by atoms with E-state index in [4.69, 9.17) is 10.8 Å². The van der Waals surface area contributed by atoms with Gasteiger partial charge in [-0.3, -0.25) is 0 Å². The average molecular weight is 134 g/mol. The van der Waals surface area contributed by atoms with Crippen LogP contribution >= 0.6 is 0 Å². The van der Waals surface area contributed by atoms with E-state index >= 15 is 0 Å². The SMILES string of the molecule is NOC(=O)[C@@H](N)C(=O)O. The topological polar surface area (TPSA) is 116 Å². The Kier molecular flexibility index (Phi) is 2.62. The second kappa shape index (κ2) is 3.00. The van der Waals surface area contributed by atoms with Crippen LogP contribution in [0.2, 0.25) is 0 Å². The number of carboxylic acids is 1. The Hall–Kier alpha value is -1.14. The third kappa shape index (κ3) is 2.06. The van der Waals surface area contributed by atoms with Crippen molar-refractivity contribution in [3.63, 3.8) is 0 Å². The zero-order valence-electron chi connectivity index (χ0n) is 4.40. The minimum Gasteiger partial charge on any atom is -0.480 e. The van der Waals surface area contributed by atoms with Crippen LogP contribution in [0.5, 0.6) is 0 Å². The van der Waals surface area contributed by atoms with Crippen LogP contribution in [0, 0.1) is 0 Å². The Labute approximate surface area is 50.3 Å². The number of carbonyl (C=O) groups excluding carboxylic acids is 1. The third-order valence-electron chi connectivity index (χ3n) is 0.636. The highest BCUT2D eigenvalue weighted by atomic mass is 16.7. The molecular formula is C3H6N2O4. The van der Waals surface area contributed by atoms with Gasteiger partial charge in [0.2, 0.25) is 6.04 Å². The molecule has 0 aliphatic carbocycles. The molecule has 0 fully saturated rings. The molecule has 0 unspecified atom stereocenters. The molecule has 6 heteroatoms. The first-order chi connectivity index (χ1) is 4.09. The molecule has 0 bridgehead atoms. The van der Waals surface area contributed by atoms with Crippen molar-refractivity contribution in [2.45, 2.75) is 6.04 Å². The lowest BCUT2D eigenvalue weighted by atomic mass is 10.3. The fraction of sp³-hybridized carbons (Fsp3) is 0.333. The molecule has 0 heterocycles. The molecule has 0 amide bonds. The van der Waals surface area contributed by atoms with E-state index in [0.717, 1.165) is 0 Å². The van der Waals surface area contributed by atoms with Crippen molar-refractivity contribution in [2.75, 3.05) is 0 Å². The molecule has 6 nitrogen and oxygen atoms in total. The van der Waals surface area contributed by atoms with Gasteiger partial charge in [-0.05, 0) is 0 Å². The molecule has 0 aliphatic heterocycles. The summed E-state index contributed by atoms with van der Waals surface area (Å²) in [6, 6.07) is -1.69. The predicted molar refractivity (Wildman–Crippen MR) is 25.9 cm³/mol. The van der Waals surface area contributed by atoms with Crippen LogP contribution in [0.4, 0.5) is 0 Å². The zero-order valence-corrected chi connectivity index (χ0v) is 4.40. The molecule has 9 heavy (non-hydrogen) atoms. The van der Waals surface area contributed by atoms with E-state index in [1.807, 2.05) is 0 Å². The second-order valence-corrected chi connectivity index (χ2v) is 1.25. The molecule has 0 spiro atoms. The number of carbonyl (C=O) groups is 2. The highest BCUT2D eigenvalue weighted by Gasteiger charge is 2.21. The zero-order chi connectivity index (χ0) is 7.44. The van der Waals surface area contributed by atoms with E-state index < -0.39 is 18.0 Å². The van der Waals surface area contributed by atoms with Gasteiger partial charge in [-0.25, -0.2) is 9.59 Å². The molecular weight excluding hydrogens is 128 g/mol. The van der Waals surface area contributed by atoms with Gasteiger partial charge in [-0.2, -0.15) is 5.90 Å². The quantitative estimate of drug-likeness (QED) is 0.292. The number of aliphatic carboxylic acids is 1. The van der Waals surface area contributed by atoms with E-state index in [2.05, 4.69) is 10.7 Å². The first-order valence-electron chi connectivity index (χ1n) is 1.98. The van der Waals surface area contributed by atoms with Crippen molar-refractivity contribution < 1.29 is 19.5 Å². The van der Waals surface area contributed by atoms with Crippen LogP contribution in [0.25, 0.3) is 0 Å². The number of rotatable bonds is 2. The lowest BCUT2D eigenvalue weighted by molar-refractivity contribution is -0.154. The summed E-state index contributed by atoms with van der Waals surface area (Å²) >= 11 is 0. The number of carboxylic acid groups (broad SMARTS) is 1. The van der Waals surface area contributed by atoms with Crippen LogP contribution in [0.3, 0.4) is 0 Å². The normalized spacial score (nSPS) is 12.2. The molecule has 0 aliphatic rings. The fourth-order valence-electron chi connectivity index (χ4n) is 0.174. The fourth-order valence-corrected chi connectivity index (χ4v) is 0.174. The maximum Gasteiger partial charge on any atom is 0.353 e. The van der Waals surface area contributed by atoms with Gasteiger partial charge in [0.05, 0.1) is 0 Å². The summed E-state index contributed by atoms with van der Waals surface area (Å²) in [6.45, 7) is 0. The number of nitrogens with two attached hydrogens (primary N) is 2. The molecule has 0 aromatic carbocycles. The van der Waals surface area contributed by atoms with Gasteiger partial charge in [0, 0.05) is 0 Å². The predicted octanol–water partition coefficient (Wildman–Crippen LogP) is -2.18. The molecule has 0 aromatic heterocycles. The number of hydrogen-bond acceptors (Lipinski definition) is 5. The lowest BCUT2D eigenvalue weighted by Gasteiger charge is -1.99. The summed E-state index contributed by atoms with van der Waals surface area (Å²) in [4.78, 5) is 23.4. The van der Waals surface area contributed by atoms with Gasteiger partial charge in [0.25, 0.3) is 0 Å². The summed E-state index contributed by atoms with van der Waals surface area (Å²) < 4.78 is 0. The van der Waals surface area contributed by atoms with E-state index in [-0.39, 0.29) is 0 Å². The maximum absolute atomic E-state index is 10.1. The first kappa shape index (κ1) is 7.86. The molecule has 0 rings (SSSR count). The number of hydrogen-bond donors (Lipinski definition) is 3. The minimum absolute atomic E-state index is 1.16. The maximum atomic E-state index is 10.1. The summed E-state index contributed by atoms with van der Waals surface area (Å²) in [6.07, 6.45) is 0. The Morgan fingerprint density at radius 2 is 2.00 bits per heavy atom. The van der Waals surface area contributed by atoms with E-state index in [1.165, 1.54) is 0 Å². The van der Waals surface area contributed by atoms with E-state index in [0.29, 0.717) is 0 Å². The van der Waals surface area contributed by atoms with Gasteiger partial charge in [0.1, 0.15) is 0 Å². The Bertz CT molecular complexity index is 134. The van der Waals surface area contributed by atoms with Gasteiger partial charge < -0.3 is 15.7 Å². The molecule has 0 saturated carbocycles. The summed E-state index contributed by atoms with van der Waals surface area (Å²) in [5, 5.41) is 8.00. The standard InChI is InChI=1S/C3H6N2O4/c4-1(2(6)7)3(8)9-5/h1H,4-5H2,(H,6,7)/t1-/m0/s1. The summed E-state index contributed by atoms with van der Waals surface area (Å²) in [5.74, 6) is 1.69. The molecule has 1 atom stereocenters. The third-order valence-corrected chi connectivity index (χ3v) is 0.636. The smallest absolute Gasteiger partial charge is 0.353 e. The van der Waals surface area contributed by atoms with Gasteiger partial charge in [-0.1, -0.05) is 0 Å². The van der Waals surface area contributed by atoms with Crippen molar-refractivity contribution in [3.8, 4) is 0 Å². The van der Waals surface area contributed by atoms with Crippen molar-refractivity contribution in [2.24, 2.45) is 11.6 Å². The largest absolute Gasteiger partial charge is 0.480 e. The Morgan fingerprint density at radius 3 is 2.11 bits per heavy atom. The van der Waals surface area contributed by atoms with Crippen molar-refractivity contribution >= 4 is 11.9 Å². The highest BCUT2D eigenvalue weighted by Crippen LogP contribution is 1.79. The molecule has 0 aromatic rings. The first-order valence-corrected chi connectivity index (χ1v) is 1.98. The van der Waals surface area contributed by atoms with Crippen molar-refractivity contribution in [3.05, 3.63) is 0 Å². The Morgan fingerprint density at radius 1 is 1.56 bits per heavy atom. The van der Waals surface area contributed by atoms with Crippen molar-refractivity contribution in [1.82, 2.24) is 0 Å². The van der Waals surface area contributed by atoms with Crippen LogP contribution in [-0.2, 0) is 14.4 Å². The van der Waals surface area contributed by atoms with Crippen LogP contribution in [0.15, 0.2) is 0 Å². The van der Waals surface area contributed by atoms with Gasteiger partial charge in [-0.15, -0.1) is 0 Å². The average Bonchev–Trinajstić information content (AvgIpc) is 1.84. The second-order valence-electron chi connectivity index (χ2n) is 1.25. The van der Waals surface area contributed by atoms with Crippen molar-refractivity contribution in [1.29, 1.82) is 0 Å². The molecule has 52 valence electrons. The lowest BCUT2D eigenvalue weighted by Crippen LogP contribution is -2.40. The van der Waals surface area contributed by atoms with Crippen LogP contribution < -0.4 is 11.6 Å². The molecule has 5 N–H and O–H groups in total. The van der Waals surface area contributed by atoms with Gasteiger partial charge >= 0.3 is 11.9 Å². The molecule has 0 saturated heterocycles. The summed E-state index contributed by atoms with van der Waals surface area (Å²) in [7, 11) is 0. The Balaban J connectivity index is 3.88. The van der Waals surface area contributed by atoms with E-state index in [9.17, 15) is 9.59 Å². The van der Waals surface area contributed by atoms with Gasteiger partial charge in [0.15, 0.2) is 0 Å².